The molecule has 12 heteroatoms. The van der Waals surface area contributed by atoms with E-state index in [4.69, 9.17) is 26.4 Å². The lowest BCUT2D eigenvalue weighted by Gasteiger charge is -2.22. The van der Waals surface area contributed by atoms with Gasteiger partial charge in [0.25, 0.3) is 0 Å². The fourth-order valence-electron chi connectivity index (χ4n) is 4.07. The molecule has 0 spiro atoms. The van der Waals surface area contributed by atoms with Crippen LogP contribution in [0.1, 0.15) is 18.4 Å². The topological polar surface area (TPSA) is 97.8 Å². The van der Waals surface area contributed by atoms with E-state index in [-0.39, 0.29) is 18.3 Å². The number of benzene rings is 1. The first kappa shape index (κ1) is 28.8. The van der Waals surface area contributed by atoms with Gasteiger partial charge in [0.1, 0.15) is 12.4 Å². The van der Waals surface area contributed by atoms with Crippen LogP contribution in [0.3, 0.4) is 0 Å². The number of aromatic nitrogens is 2. The molecule has 0 aliphatic heterocycles. The van der Waals surface area contributed by atoms with Gasteiger partial charge < -0.3 is 29.7 Å². The maximum Gasteiger partial charge on any atom is 0.248 e. The lowest BCUT2D eigenvalue weighted by Crippen LogP contribution is -2.35. The van der Waals surface area contributed by atoms with Crippen molar-refractivity contribution in [1.29, 1.82) is 0 Å². The molecule has 41 heavy (non-hydrogen) atoms. The van der Waals surface area contributed by atoms with E-state index in [9.17, 15) is 9.18 Å². The smallest absolute Gasteiger partial charge is 0.248 e. The normalized spacial score (nSPS) is 12.8. The van der Waals surface area contributed by atoms with E-state index in [2.05, 4.69) is 20.6 Å². The van der Waals surface area contributed by atoms with Gasteiger partial charge in [-0.3, -0.25) is 14.8 Å². The number of halogens is 1. The highest BCUT2D eigenvalue weighted by atomic mass is 32.1. The minimum atomic E-state index is -0.508. The minimum Gasteiger partial charge on any atom is -0.453 e. The fraction of sp³-hybridized carbons (Fsp3) is 0.310. The van der Waals surface area contributed by atoms with Crippen molar-refractivity contribution in [3.8, 4) is 22.1 Å². The number of carbonyl (C=O) groups excluding carboxylic acids is 1. The molecule has 1 fully saturated rings. The highest BCUT2D eigenvalue weighted by Gasteiger charge is 2.22. The number of thiophene rings is 1. The van der Waals surface area contributed by atoms with Gasteiger partial charge in [0.05, 0.1) is 27.4 Å². The van der Waals surface area contributed by atoms with E-state index >= 15 is 0 Å². The zero-order valence-corrected chi connectivity index (χ0v) is 24.3. The SMILES string of the molecule is COCCN(Cc1ccc(-c2cc3nccc(Oc4ccc(NC(=S)NC5CC5)cc4F)c3s2)nc1)C(=O)COC. The van der Waals surface area contributed by atoms with E-state index in [0.717, 1.165) is 39.2 Å². The lowest BCUT2D eigenvalue weighted by molar-refractivity contribution is -0.136. The van der Waals surface area contributed by atoms with Crippen molar-refractivity contribution >= 4 is 50.5 Å². The third-order valence-corrected chi connectivity index (χ3v) is 7.72. The number of pyridine rings is 2. The van der Waals surface area contributed by atoms with E-state index in [1.54, 1.807) is 42.6 Å². The number of ether oxygens (including phenoxy) is 3. The third kappa shape index (κ3) is 7.53. The number of hydrogen-bond donors (Lipinski definition) is 2. The summed E-state index contributed by atoms with van der Waals surface area (Å²) in [6, 6.07) is 12.6. The number of anilines is 1. The summed E-state index contributed by atoms with van der Waals surface area (Å²) in [7, 11) is 3.09. The van der Waals surface area contributed by atoms with Gasteiger partial charge in [0.15, 0.2) is 16.7 Å². The fourth-order valence-corrected chi connectivity index (χ4v) is 5.40. The Bertz CT molecular complexity index is 1530. The summed E-state index contributed by atoms with van der Waals surface area (Å²) in [6.45, 7) is 1.28. The molecule has 2 N–H and O–H groups in total. The quantitative estimate of drug-likeness (QED) is 0.210. The Balaban J connectivity index is 1.29. The number of rotatable bonds is 12. The molecule has 1 aliphatic rings. The molecule has 4 aromatic rings. The van der Waals surface area contributed by atoms with Gasteiger partial charge in [0.2, 0.25) is 5.91 Å². The Morgan fingerprint density at radius 1 is 1.12 bits per heavy atom. The first-order valence-electron chi connectivity index (χ1n) is 13.1. The molecule has 0 bridgehead atoms. The summed E-state index contributed by atoms with van der Waals surface area (Å²) in [6.07, 6.45) is 5.58. The van der Waals surface area contributed by atoms with Crippen LogP contribution in [0.15, 0.2) is 54.9 Å². The standard InChI is InChI=1S/C29H30FN5O4S2/c1-37-12-11-35(27(36)17-38-2)16-18-3-7-22(32-15-18)26-14-23-28(41-26)25(9-10-31-23)39-24-8-6-20(13-21(24)30)34-29(40)33-19-4-5-19/h3,6-10,13-15,19H,4-5,11-12,16-17H2,1-2H3,(H2,33,34,40). The number of nitrogens with zero attached hydrogens (tertiary/aromatic N) is 3. The van der Waals surface area contributed by atoms with Crippen molar-refractivity contribution in [3.05, 3.63) is 66.2 Å². The summed E-state index contributed by atoms with van der Waals surface area (Å²) < 4.78 is 31.8. The highest BCUT2D eigenvalue weighted by molar-refractivity contribution is 7.80. The number of nitrogens with one attached hydrogen (secondary N) is 2. The summed E-state index contributed by atoms with van der Waals surface area (Å²) in [5.41, 5.74) is 2.91. The van der Waals surface area contributed by atoms with E-state index < -0.39 is 5.82 Å². The molecule has 3 aromatic heterocycles. The Hall–Kier alpha value is -3.71. The zero-order chi connectivity index (χ0) is 28.8. The molecule has 0 unspecified atom stereocenters. The number of amides is 1. The lowest BCUT2D eigenvalue weighted by atomic mass is 10.2. The molecule has 1 amide bonds. The maximum absolute atomic E-state index is 14.9. The van der Waals surface area contributed by atoms with Crippen LogP contribution in [0.5, 0.6) is 11.5 Å². The summed E-state index contributed by atoms with van der Waals surface area (Å²) in [4.78, 5) is 24.0. The van der Waals surface area contributed by atoms with Gasteiger partial charge in [0, 0.05) is 63.6 Å². The van der Waals surface area contributed by atoms with Crippen LogP contribution in [0.2, 0.25) is 0 Å². The molecular weight excluding hydrogens is 565 g/mol. The molecule has 214 valence electrons. The highest BCUT2D eigenvalue weighted by Crippen LogP contribution is 2.39. The van der Waals surface area contributed by atoms with Crippen LogP contribution in [0.4, 0.5) is 10.1 Å². The molecule has 0 radical (unpaired) electrons. The number of hydrogen-bond acceptors (Lipinski definition) is 8. The average Bonchev–Trinajstić information content (AvgIpc) is 3.66. The van der Waals surface area contributed by atoms with Crippen molar-refractivity contribution in [2.45, 2.75) is 25.4 Å². The molecule has 1 aromatic carbocycles. The summed E-state index contributed by atoms with van der Waals surface area (Å²) in [5, 5.41) is 6.66. The van der Waals surface area contributed by atoms with Gasteiger partial charge in [-0.1, -0.05) is 6.07 Å². The predicted molar refractivity (Wildman–Crippen MR) is 161 cm³/mol. The summed E-state index contributed by atoms with van der Waals surface area (Å²) in [5.74, 6) is -0.0266. The molecular formula is C29H30FN5O4S2. The van der Waals surface area contributed by atoms with Gasteiger partial charge in [-0.25, -0.2) is 4.39 Å². The van der Waals surface area contributed by atoms with E-state index in [1.807, 2.05) is 18.2 Å². The van der Waals surface area contributed by atoms with Crippen LogP contribution >= 0.6 is 23.6 Å². The number of carbonyl (C=O) groups is 1. The first-order valence-corrected chi connectivity index (χ1v) is 14.3. The van der Waals surface area contributed by atoms with Crippen LogP contribution in [-0.2, 0) is 20.8 Å². The van der Waals surface area contributed by atoms with Crippen molar-refractivity contribution in [3.63, 3.8) is 0 Å². The van der Waals surface area contributed by atoms with E-state index in [1.165, 1.54) is 24.5 Å². The molecule has 5 rings (SSSR count). The third-order valence-electron chi connectivity index (χ3n) is 6.33. The summed E-state index contributed by atoms with van der Waals surface area (Å²) >= 11 is 6.74. The predicted octanol–water partition coefficient (Wildman–Crippen LogP) is 5.36. The molecule has 1 saturated carbocycles. The Morgan fingerprint density at radius 2 is 1.98 bits per heavy atom. The molecule has 3 heterocycles. The number of fused-ring (bicyclic) bond motifs is 1. The molecule has 9 nitrogen and oxygen atoms in total. The van der Waals surface area contributed by atoms with Crippen LogP contribution in [0, 0.1) is 5.82 Å². The number of methoxy groups -OCH3 is 2. The monoisotopic (exact) mass is 595 g/mol. The van der Waals surface area contributed by atoms with Crippen LogP contribution in [0.25, 0.3) is 20.8 Å². The zero-order valence-electron chi connectivity index (χ0n) is 22.7. The molecule has 0 saturated heterocycles. The molecule has 0 atom stereocenters. The second-order valence-corrected chi connectivity index (χ2v) is 11.0. The van der Waals surface area contributed by atoms with Crippen molar-refractivity contribution in [2.75, 3.05) is 39.3 Å². The van der Waals surface area contributed by atoms with Crippen molar-refractivity contribution in [1.82, 2.24) is 20.2 Å². The van der Waals surface area contributed by atoms with Gasteiger partial charge in [-0.05, 0) is 54.9 Å². The van der Waals surface area contributed by atoms with E-state index in [0.29, 0.717) is 42.3 Å². The Morgan fingerprint density at radius 3 is 2.68 bits per heavy atom. The van der Waals surface area contributed by atoms with Gasteiger partial charge in [-0.2, -0.15) is 0 Å². The molecule has 1 aliphatic carbocycles. The number of thiocarbonyl (C=S) groups is 1. The average molecular weight is 596 g/mol. The Kier molecular flexibility index (Phi) is 9.35. The van der Waals surface area contributed by atoms with Crippen molar-refractivity contribution < 1.29 is 23.4 Å². The second-order valence-electron chi connectivity index (χ2n) is 9.55. The van der Waals surface area contributed by atoms with Crippen LogP contribution in [-0.4, -0.2) is 65.9 Å². The van der Waals surface area contributed by atoms with Gasteiger partial charge >= 0.3 is 0 Å². The maximum atomic E-state index is 14.9. The second kappa shape index (κ2) is 13.3. The van der Waals surface area contributed by atoms with Gasteiger partial charge in [-0.15, -0.1) is 11.3 Å². The van der Waals surface area contributed by atoms with Crippen LogP contribution < -0.4 is 15.4 Å². The Labute approximate surface area is 246 Å². The first-order chi connectivity index (χ1) is 19.9. The van der Waals surface area contributed by atoms with Crippen molar-refractivity contribution in [2.24, 2.45) is 0 Å². The largest absolute Gasteiger partial charge is 0.453 e. The minimum absolute atomic E-state index is 0.00524.